The fourth-order valence-corrected chi connectivity index (χ4v) is 2.65. The summed E-state index contributed by atoms with van der Waals surface area (Å²) < 4.78 is 10.2. The molecular weight excluding hydrogens is 260 g/mol. The van der Waals surface area contributed by atoms with Gasteiger partial charge in [0.2, 0.25) is 0 Å². The molecule has 0 aliphatic carbocycles. The number of carbonyl (C=O) groups excluding carboxylic acids is 2. The van der Waals surface area contributed by atoms with E-state index in [0.29, 0.717) is 6.61 Å². The molecule has 2 aliphatic heterocycles. The van der Waals surface area contributed by atoms with Crippen LogP contribution in [-0.4, -0.2) is 54.3 Å². The van der Waals surface area contributed by atoms with Crippen LogP contribution in [0.25, 0.3) is 0 Å². The summed E-state index contributed by atoms with van der Waals surface area (Å²) in [6.45, 7) is 7.68. The molecule has 0 radical (unpaired) electrons. The Hall–Kier alpha value is -1.30. The maximum atomic E-state index is 11.7. The maximum Gasteiger partial charge on any atom is 0.407 e. The molecule has 20 heavy (non-hydrogen) atoms. The normalized spacial score (nSPS) is 25.4. The molecule has 2 rings (SSSR count). The van der Waals surface area contributed by atoms with E-state index in [-0.39, 0.29) is 24.1 Å². The van der Waals surface area contributed by atoms with Crippen LogP contribution in [0.3, 0.4) is 0 Å². The van der Waals surface area contributed by atoms with Crippen molar-refractivity contribution in [3.05, 3.63) is 0 Å². The largest absolute Gasteiger partial charge is 0.464 e. The standard InChI is InChI=1S/C14H24N2O4/c1-14(2,3)20-13(18)15-10-4-7-16(8-5-10)11-6-9-19-12(11)17/h10-11H,4-9H2,1-3H3,(H,15,18)/t11-/m1/s1. The zero-order valence-electron chi connectivity index (χ0n) is 12.5. The van der Waals surface area contributed by atoms with Crippen LogP contribution in [0.5, 0.6) is 0 Å². The predicted octanol–water partition coefficient (Wildman–Crippen LogP) is 1.29. The highest BCUT2D eigenvalue weighted by Crippen LogP contribution is 2.20. The fraction of sp³-hybridized carbons (Fsp3) is 0.857. The summed E-state index contributed by atoms with van der Waals surface area (Å²) in [6, 6.07) is 0.0380. The average molecular weight is 284 g/mol. The number of hydrogen-bond donors (Lipinski definition) is 1. The molecule has 1 amide bonds. The first kappa shape index (κ1) is 15.1. The average Bonchev–Trinajstić information content (AvgIpc) is 2.74. The molecule has 0 unspecified atom stereocenters. The van der Waals surface area contributed by atoms with Gasteiger partial charge in [-0.1, -0.05) is 0 Å². The van der Waals surface area contributed by atoms with Crippen molar-refractivity contribution in [2.24, 2.45) is 0 Å². The Morgan fingerprint density at radius 3 is 2.45 bits per heavy atom. The Morgan fingerprint density at radius 1 is 1.30 bits per heavy atom. The van der Waals surface area contributed by atoms with Gasteiger partial charge in [-0.05, 0) is 33.6 Å². The van der Waals surface area contributed by atoms with Gasteiger partial charge in [0.1, 0.15) is 11.6 Å². The summed E-state index contributed by atoms with van der Waals surface area (Å²) in [4.78, 5) is 25.4. The van der Waals surface area contributed by atoms with Crippen molar-refractivity contribution >= 4 is 12.1 Å². The van der Waals surface area contributed by atoms with E-state index in [1.54, 1.807) is 0 Å². The monoisotopic (exact) mass is 284 g/mol. The summed E-state index contributed by atoms with van der Waals surface area (Å²) in [5.41, 5.74) is -0.474. The zero-order valence-corrected chi connectivity index (χ0v) is 12.5. The van der Waals surface area contributed by atoms with Crippen LogP contribution in [0.1, 0.15) is 40.0 Å². The number of carbonyl (C=O) groups is 2. The van der Waals surface area contributed by atoms with Crippen molar-refractivity contribution in [2.45, 2.75) is 57.7 Å². The highest BCUT2D eigenvalue weighted by atomic mass is 16.6. The summed E-state index contributed by atoms with van der Waals surface area (Å²) in [5.74, 6) is -0.108. The summed E-state index contributed by atoms with van der Waals surface area (Å²) in [5, 5.41) is 2.89. The quantitative estimate of drug-likeness (QED) is 0.774. The maximum absolute atomic E-state index is 11.7. The lowest BCUT2D eigenvalue weighted by Crippen LogP contribution is -2.49. The first-order valence-corrected chi connectivity index (χ1v) is 7.25. The molecule has 0 aromatic rings. The molecular formula is C14H24N2O4. The number of nitrogens with zero attached hydrogens (tertiary/aromatic N) is 1. The van der Waals surface area contributed by atoms with E-state index in [4.69, 9.17) is 9.47 Å². The van der Waals surface area contributed by atoms with Crippen molar-refractivity contribution in [3.8, 4) is 0 Å². The fourth-order valence-electron chi connectivity index (χ4n) is 2.65. The molecule has 1 atom stereocenters. The minimum absolute atomic E-state index is 0.0857. The number of esters is 1. The second-order valence-electron chi connectivity index (χ2n) is 6.43. The molecule has 2 fully saturated rings. The van der Waals surface area contributed by atoms with Crippen molar-refractivity contribution in [2.75, 3.05) is 19.7 Å². The van der Waals surface area contributed by atoms with Gasteiger partial charge < -0.3 is 14.8 Å². The second-order valence-corrected chi connectivity index (χ2v) is 6.43. The van der Waals surface area contributed by atoms with Crippen molar-refractivity contribution in [3.63, 3.8) is 0 Å². The summed E-state index contributed by atoms with van der Waals surface area (Å²) >= 11 is 0. The van der Waals surface area contributed by atoms with Gasteiger partial charge in [-0.25, -0.2) is 4.79 Å². The molecule has 2 aliphatic rings. The van der Waals surface area contributed by atoms with E-state index < -0.39 is 5.60 Å². The molecule has 2 saturated heterocycles. The van der Waals surface area contributed by atoms with Crippen LogP contribution in [0.4, 0.5) is 4.79 Å². The number of nitrogens with one attached hydrogen (secondary N) is 1. The molecule has 114 valence electrons. The van der Waals surface area contributed by atoms with Gasteiger partial charge in [0.05, 0.1) is 6.61 Å². The minimum atomic E-state index is -0.474. The number of cyclic esters (lactones) is 1. The van der Waals surface area contributed by atoms with Gasteiger partial charge in [-0.3, -0.25) is 9.69 Å². The number of rotatable bonds is 2. The molecule has 0 saturated carbocycles. The molecule has 0 aromatic heterocycles. The van der Waals surface area contributed by atoms with E-state index in [2.05, 4.69) is 10.2 Å². The smallest absolute Gasteiger partial charge is 0.407 e. The Balaban J connectivity index is 1.74. The second kappa shape index (κ2) is 5.99. The Labute approximate surface area is 119 Å². The number of alkyl carbamates (subject to hydrolysis) is 1. The van der Waals surface area contributed by atoms with Crippen molar-refractivity contribution in [1.29, 1.82) is 0 Å². The van der Waals surface area contributed by atoms with Crippen LogP contribution in [0.15, 0.2) is 0 Å². The van der Waals surface area contributed by atoms with E-state index in [1.165, 1.54) is 0 Å². The van der Waals surface area contributed by atoms with Gasteiger partial charge in [0.15, 0.2) is 0 Å². The van der Waals surface area contributed by atoms with Crippen molar-refractivity contribution in [1.82, 2.24) is 10.2 Å². The number of piperidine rings is 1. The van der Waals surface area contributed by atoms with E-state index >= 15 is 0 Å². The number of likely N-dealkylation sites (tertiary alicyclic amines) is 1. The third-order valence-electron chi connectivity index (χ3n) is 3.60. The van der Waals surface area contributed by atoms with Gasteiger partial charge in [-0.2, -0.15) is 0 Å². The third kappa shape index (κ3) is 4.10. The Bertz CT molecular complexity index is 370. The predicted molar refractivity (Wildman–Crippen MR) is 73.3 cm³/mol. The lowest BCUT2D eigenvalue weighted by atomic mass is 10.0. The Morgan fingerprint density at radius 2 is 1.95 bits per heavy atom. The van der Waals surface area contributed by atoms with Gasteiger partial charge in [0, 0.05) is 25.6 Å². The first-order valence-electron chi connectivity index (χ1n) is 7.25. The number of amides is 1. The van der Waals surface area contributed by atoms with E-state index in [9.17, 15) is 9.59 Å². The van der Waals surface area contributed by atoms with Crippen LogP contribution in [0, 0.1) is 0 Å². The summed E-state index contributed by atoms with van der Waals surface area (Å²) in [7, 11) is 0. The molecule has 0 spiro atoms. The topological polar surface area (TPSA) is 67.9 Å². The number of ether oxygens (including phenoxy) is 2. The van der Waals surface area contributed by atoms with Crippen molar-refractivity contribution < 1.29 is 19.1 Å². The van der Waals surface area contributed by atoms with Gasteiger partial charge in [0.25, 0.3) is 0 Å². The van der Waals surface area contributed by atoms with Crippen LogP contribution < -0.4 is 5.32 Å². The highest BCUT2D eigenvalue weighted by molar-refractivity contribution is 5.77. The molecule has 0 bridgehead atoms. The zero-order chi connectivity index (χ0) is 14.8. The third-order valence-corrected chi connectivity index (χ3v) is 3.60. The van der Waals surface area contributed by atoms with Crippen LogP contribution in [-0.2, 0) is 14.3 Å². The lowest BCUT2D eigenvalue weighted by molar-refractivity contribution is -0.142. The molecule has 2 heterocycles. The van der Waals surface area contributed by atoms with Gasteiger partial charge >= 0.3 is 12.1 Å². The van der Waals surface area contributed by atoms with E-state index in [0.717, 1.165) is 32.4 Å². The van der Waals surface area contributed by atoms with Crippen LogP contribution >= 0.6 is 0 Å². The molecule has 0 aromatic carbocycles. The Kier molecular flexibility index (Phi) is 4.52. The number of hydrogen-bond acceptors (Lipinski definition) is 5. The summed E-state index contributed by atoms with van der Waals surface area (Å²) in [6.07, 6.45) is 2.09. The minimum Gasteiger partial charge on any atom is -0.464 e. The first-order chi connectivity index (χ1) is 9.35. The molecule has 6 nitrogen and oxygen atoms in total. The SMILES string of the molecule is CC(C)(C)OC(=O)NC1CCN([C@@H]2CCOC2=O)CC1. The highest BCUT2D eigenvalue weighted by Gasteiger charge is 2.34. The van der Waals surface area contributed by atoms with Crippen LogP contribution in [0.2, 0.25) is 0 Å². The molecule has 6 heteroatoms. The lowest BCUT2D eigenvalue weighted by Gasteiger charge is -2.34. The van der Waals surface area contributed by atoms with E-state index in [1.807, 2.05) is 20.8 Å². The molecule has 1 N–H and O–H groups in total. The van der Waals surface area contributed by atoms with Gasteiger partial charge in [-0.15, -0.1) is 0 Å².